The highest BCUT2D eigenvalue weighted by molar-refractivity contribution is 5.42. The number of hydrogen-bond acceptors (Lipinski definition) is 3. The van der Waals surface area contributed by atoms with E-state index in [9.17, 15) is 5.11 Å². The van der Waals surface area contributed by atoms with Gasteiger partial charge in [-0.25, -0.2) is 0 Å². The van der Waals surface area contributed by atoms with Gasteiger partial charge in [0.05, 0.1) is 6.61 Å². The van der Waals surface area contributed by atoms with Gasteiger partial charge in [0.1, 0.15) is 5.75 Å². The van der Waals surface area contributed by atoms with Crippen molar-refractivity contribution in [3.63, 3.8) is 0 Å². The van der Waals surface area contributed by atoms with Crippen LogP contribution < -0.4 is 10.5 Å². The smallest absolute Gasteiger partial charge is 0.123 e. The fraction of sp³-hybridized carbons (Fsp3) is 0.700. The summed E-state index contributed by atoms with van der Waals surface area (Å²) >= 11 is 0. The summed E-state index contributed by atoms with van der Waals surface area (Å²) in [5.74, 6) is 1.60. The van der Waals surface area contributed by atoms with Gasteiger partial charge in [0.15, 0.2) is 0 Å². The number of aliphatic hydroxyl groups excluding tert-OH is 1. The third-order valence-corrected chi connectivity index (χ3v) is 4.45. The third kappa shape index (κ3) is 5.82. The molecule has 2 unspecified atom stereocenters. The van der Waals surface area contributed by atoms with Crippen molar-refractivity contribution >= 4 is 0 Å². The first-order valence-electron chi connectivity index (χ1n) is 8.95. The molecule has 0 aliphatic rings. The second-order valence-electron chi connectivity index (χ2n) is 7.48. The third-order valence-electron chi connectivity index (χ3n) is 4.45. The van der Waals surface area contributed by atoms with Gasteiger partial charge in [0, 0.05) is 6.61 Å². The summed E-state index contributed by atoms with van der Waals surface area (Å²) in [7, 11) is 0. The van der Waals surface area contributed by atoms with Crippen molar-refractivity contribution < 1.29 is 9.84 Å². The lowest BCUT2D eigenvalue weighted by atomic mass is 9.81. The van der Waals surface area contributed by atoms with Crippen LogP contribution in [0.1, 0.15) is 70.9 Å². The predicted octanol–water partition coefficient (Wildman–Crippen LogP) is 4.22. The second-order valence-corrected chi connectivity index (χ2v) is 7.48. The van der Waals surface area contributed by atoms with Crippen LogP contribution in [0.4, 0.5) is 0 Å². The molecule has 1 rings (SSSR count). The van der Waals surface area contributed by atoms with E-state index in [4.69, 9.17) is 10.5 Å². The minimum Gasteiger partial charge on any atom is -0.493 e. The highest BCUT2D eigenvalue weighted by Gasteiger charge is 2.22. The Hall–Kier alpha value is -1.06. The van der Waals surface area contributed by atoms with E-state index in [1.807, 2.05) is 0 Å². The maximum atomic E-state index is 9.44. The van der Waals surface area contributed by atoms with Crippen LogP contribution in [0, 0.1) is 5.92 Å². The van der Waals surface area contributed by atoms with Crippen LogP contribution in [0.25, 0.3) is 0 Å². The van der Waals surface area contributed by atoms with Crippen LogP contribution >= 0.6 is 0 Å². The molecule has 0 aromatic heterocycles. The first kappa shape index (κ1) is 20.0. The van der Waals surface area contributed by atoms with Crippen molar-refractivity contribution in [2.45, 2.75) is 65.2 Å². The molecule has 0 aliphatic carbocycles. The topological polar surface area (TPSA) is 55.5 Å². The molecule has 0 bridgehead atoms. The zero-order valence-electron chi connectivity index (χ0n) is 15.6. The molecule has 0 fully saturated rings. The maximum absolute atomic E-state index is 9.44. The molecule has 3 heteroatoms. The molecule has 1 aromatic rings. The van der Waals surface area contributed by atoms with Crippen LogP contribution in [-0.2, 0) is 5.41 Å². The molecular formula is C20H35NO2. The Labute approximate surface area is 142 Å². The minimum atomic E-state index is 0.0433. The van der Waals surface area contributed by atoms with Crippen LogP contribution in [0.3, 0.4) is 0 Å². The summed E-state index contributed by atoms with van der Waals surface area (Å²) in [6.45, 7) is 12.5. The van der Waals surface area contributed by atoms with E-state index in [1.165, 1.54) is 11.1 Å². The molecule has 0 aliphatic heterocycles. The molecule has 1 aromatic carbocycles. The second kappa shape index (κ2) is 9.29. The minimum absolute atomic E-state index is 0.0433. The number of ether oxygens (including phenoxy) is 1. The van der Waals surface area contributed by atoms with Crippen molar-refractivity contribution in [1.29, 1.82) is 0 Å². The quantitative estimate of drug-likeness (QED) is 0.716. The van der Waals surface area contributed by atoms with Crippen molar-refractivity contribution in [3.05, 3.63) is 29.3 Å². The standard InChI is InChI=1S/C20H35NO2/c1-6-10-23-19-9-8-17(12-18(19)20(3,4)5)16(7-2)11-15(13-21)14-22/h8-9,12,15-16,22H,6-7,10-11,13-14,21H2,1-5H3. The fourth-order valence-electron chi connectivity index (χ4n) is 2.91. The molecule has 3 nitrogen and oxygen atoms in total. The molecule has 0 saturated heterocycles. The SMILES string of the molecule is CCCOc1ccc(C(CC)CC(CN)CO)cc1C(C)(C)C. The normalized spacial score (nSPS) is 14.6. The van der Waals surface area contributed by atoms with E-state index >= 15 is 0 Å². The molecule has 132 valence electrons. The lowest BCUT2D eigenvalue weighted by Gasteiger charge is -2.26. The van der Waals surface area contributed by atoms with E-state index in [1.54, 1.807) is 0 Å². The molecule has 0 heterocycles. The Bertz CT molecular complexity index is 461. The average molecular weight is 322 g/mol. The fourth-order valence-corrected chi connectivity index (χ4v) is 2.91. The van der Waals surface area contributed by atoms with Crippen LogP contribution in [0.2, 0.25) is 0 Å². The summed E-state index contributed by atoms with van der Waals surface area (Å²) in [5, 5.41) is 9.44. The van der Waals surface area contributed by atoms with Gasteiger partial charge in [-0.15, -0.1) is 0 Å². The number of rotatable bonds is 9. The summed E-state index contributed by atoms with van der Waals surface area (Å²) in [5.41, 5.74) is 8.39. The van der Waals surface area contributed by atoms with E-state index in [2.05, 4.69) is 52.8 Å². The van der Waals surface area contributed by atoms with E-state index < -0.39 is 0 Å². The van der Waals surface area contributed by atoms with E-state index in [0.717, 1.165) is 31.6 Å². The average Bonchev–Trinajstić information content (AvgIpc) is 2.53. The summed E-state index contributed by atoms with van der Waals surface area (Å²) < 4.78 is 5.94. The summed E-state index contributed by atoms with van der Waals surface area (Å²) in [6.07, 6.45) is 3.00. The Morgan fingerprint density at radius 2 is 1.91 bits per heavy atom. The van der Waals surface area contributed by atoms with Gasteiger partial charge in [-0.2, -0.15) is 0 Å². The largest absolute Gasteiger partial charge is 0.493 e. The van der Waals surface area contributed by atoms with Gasteiger partial charge in [0.25, 0.3) is 0 Å². The van der Waals surface area contributed by atoms with Gasteiger partial charge in [-0.1, -0.05) is 46.8 Å². The Morgan fingerprint density at radius 3 is 2.39 bits per heavy atom. The predicted molar refractivity (Wildman–Crippen MR) is 98.2 cm³/mol. The lowest BCUT2D eigenvalue weighted by Crippen LogP contribution is -2.21. The van der Waals surface area contributed by atoms with Crippen molar-refractivity contribution in [2.24, 2.45) is 11.7 Å². The molecule has 23 heavy (non-hydrogen) atoms. The molecule has 0 saturated carbocycles. The molecule has 3 N–H and O–H groups in total. The van der Waals surface area contributed by atoms with Gasteiger partial charge < -0.3 is 15.6 Å². The van der Waals surface area contributed by atoms with E-state index in [0.29, 0.717) is 12.5 Å². The van der Waals surface area contributed by atoms with Gasteiger partial charge in [-0.3, -0.25) is 0 Å². The number of nitrogens with two attached hydrogens (primary N) is 1. The number of benzene rings is 1. The van der Waals surface area contributed by atoms with Crippen LogP contribution in [-0.4, -0.2) is 24.9 Å². The molecular weight excluding hydrogens is 286 g/mol. The molecule has 0 amide bonds. The van der Waals surface area contributed by atoms with Crippen LogP contribution in [0.15, 0.2) is 18.2 Å². The molecule has 0 radical (unpaired) electrons. The number of aliphatic hydroxyl groups is 1. The van der Waals surface area contributed by atoms with Crippen molar-refractivity contribution in [1.82, 2.24) is 0 Å². The lowest BCUT2D eigenvalue weighted by molar-refractivity contribution is 0.214. The van der Waals surface area contributed by atoms with Crippen molar-refractivity contribution in [2.75, 3.05) is 19.8 Å². The van der Waals surface area contributed by atoms with Gasteiger partial charge in [0.2, 0.25) is 0 Å². The molecule has 2 atom stereocenters. The zero-order chi connectivity index (χ0) is 17.5. The van der Waals surface area contributed by atoms with Gasteiger partial charge >= 0.3 is 0 Å². The summed E-state index contributed by atoms with van der Waals surface area (Å²) in [4.78, 5) is 0. The first-order chi connectivity index (χ1) is 10.9. The monoisotopic (exact) mass is 321 g/mol. The van der Waals surface area contributed by atoms with E-state index in [-0.39, 0.29) is 17.9 Å². The summed E-state index contributed by atoms with van der Waals surface area (Å²) in [6, 6.07) is 6.59. The first-order valence-corrected chi connectivity index (χ1v) is 8.95. The Balaban J connectivity index is 3.11. The highest BCUT2D eigenvalue weighted by Crippen LogP contribution is 2.36. The van der Waals surface area contributed by atoms with Crippen LogP contribution in [0.5, 0.6) is 5.75 Å². The Kier molecular flexibility index (Phi) is 8.07. The highest BCUT2D eigenvalue weighted by atomic mass is 16.5. The molecule has 0 spiro atoms. The number of hydrogen-bond donors (Lipinski definition) is 2. The van der Waals surface area contributed by atoms with Crippen molar-refractivity contribution in [3.8, 4) is 5.75 Å². The van der Waals surface area contributed by atoms with Gasteiger partial charge in [-0.05, 0) is 60.3 Å². The maximum Gasteiger partial charge on any atom is 0.123 e. The zero-order valence-corrected chi connectivity index (χ0v) is 15.6. The Morgan fingerprint density at radius 1 is 1.22 bits per heavy atom.